The quantitative estimate of drug-likeness (QED) is 0.122. The lowest BCUT2D eigenvalue weighted by atomic mass is 9.62. The molecule has 636 valence electrons. The smallest absolute Gasteiger partial charge is 0.135 e. The van der Waals surface area contributed by atoms with Crippen molar-refractivity contribution in [1.29, 1.82) is 0 Å². The molecule has 0 saturated carbocycles. The molecule has 0 spiro atoms. The van der Waals surface area contributed by atoms with Gasteiger partial charge in [-0.1, -0.05) is 413 Å². The minimum Gasteiger partial charge on any atom is -0.456 e. The monoisotopic (exact) mass is 1720 g/mol. The summed E-state index contributed by atoms with van der Waals surface area (Å²) in [5.74, 6) is 0. The predicted molar refractivity (Wildman–Crippen MR) is 560 cm³/mol. The summed E-state index contributed by atoms with van der Waals surface area (Å²) in [6, 6.07) is 196. The van der Waals surface area contributed by atoms with Gasteiger partial charge in [-0.3, -0.25) is 0 Å². The summed E-state index contributed by atoms with van der Waals surface area (Å²) in [5.41, 5.74) is 35.3. The van der Waals surface area contributed by atoms with E-state index in [1.54, 1.807) is 0 Å². The maximum absolute atomic E-state index is 6.02. The summed E-state index contributed by atoms with van der Waals surface area (Å²) in [6.45, 7) is 0. The number of nitrogens with zero attached hydrogens (tertiary/aromatic N) is 5. The molecular weight excluding hydrogens is 1640 g/mol. The van der Waals surface area contributed by atoms with Crippen molar-refractivity contribution in [2.75, 3.05) is 14.7 Å². The minimum absolute atomic E-state index is 0.476. The van der Waals surface area contributed by atoms with Crippen molar-refractivity contribution >= 4 is 117 Å². The van der Waals surface area contributed by atoms with Crippen LogP contribution in [0.5, 0.6) is 0 Å². The van der Waals surface area contributed by atoms with Gasteiger partial charge < -0.3 is 28.3 Å². The van der Waals surface area contributed by atoms with E-state index in [-0.39, 0.29) is 0 Å². The highest BCUT2D eigenvalue weighted by atomic mass is 16.3. The van der Waals surface area contributed by atoms with Crippen LogP contribution in [-0.4, -0.2) is 9.13 Å². The van der Waals surface area contributed by atoms with Gasteiger partial charge in [-0.2, -0.15) is 0 Å². The van der Waals surface area contributed by atoms with Crippen molar-refractivity contribution in [3.63, 3.8) is 0 Å². The first-order valence-corrected chi connectivity index (χ1v) is 46.5. The molecule has 0 bridgehead atoms. The van der Waals surface area contributed by atoms with E-state index in [9.17, 15) is 0 Å². The highest BCUT2D eigenvalue weighted by Crippen LogP contribution is 2.63. The van der Waals surface area contributed by atoms with Crippen molar-refractivity contribution in [2.24, 2.45) is 0 Å². The van der Waals surface area contributed by atoms with Crippen molar-refractivity contribution in [3.8, 4) is 22.5 Å². The lowest BCUT2D eigenvalue weighted by molar-refractivity contribution is 0.669. The first kappa shape index (κ1) is 79.6. The van der Waals surface area contributed by atoms with E-state index in [1.165, 1.54) is 133 Å². The van der Waals surface area contributed by atoms with Crippen LogP contribution < -0.4 is 14.7 Å². The topological polar surface area (TPSA) is 32.7 Å². The summed E-state index contributed by atoms with van der Waals surface area (Å²) >= 11 is 0. The molecule has 3 aliphatic heterocycles. The number of anilines is 9. The van der Waals surface area contributed by atoms with E-state index >= 15 is 0 Å². The summed E-state index contributed by atoms with van der Waals surface area (Å²) in [7, 11) is 0. The minimum atomic E-state index is -0.521. The van der Waals surface area contributed by atoms with Gasteiger partial charge in [0.25, 0.3) is 0 Å². The van der Waals surface area contributed by atoms with Gasteiger partial charge in [0.05, 0.1) is 72.4 Å². The number of aromatic nitrogens is 2. The van der Waals surface area contributed by atoms with Gasteiger partial charge in [-0.25, -0.2) is 0 Å². The van der Waals surface area contributed by atoms with Crippen molar-refractivity contribution in [1.82, 2.24) is 9.13 Å². The van der Waals surface area contributed by atoms with E-state index in [4.69, 9.17) is 4.42 Å². The summed E-state index contributed by atoms with van der Waals surface area (Å²) in [4.78, 5) is 7.39. The van der Waals surface area contributed by atoms with Crippen LogP contribution >= 0.6 is 0 Å². The number of para-hydroxylation sites is 11. The molecule has 0 N–H and O–H groups in total. The van der Waals surface area contributed by atoms with Crippen molar-refractivity contribution in [2.45, 2.75) is 16.2 Å². The van der Waals surface area contributed by atoms with E-state index in [1.807, 2.05) is 12.1 Å². The molecule has 0 saturated heterocycles. The Morgan fingerprint density at radius 3 is 0.696 bits per heavy atom. The molecule has 0 atom stereocenters. The Morgan fingerprint density at radius 2 is 0.378 bits per heavy atom. The number of furan rings is 1. The second-order valence-corrected chi connectivity index (χ2v) is 35.2. The van der Waals surface area contributed by atoms with Gasteiger partial charge in [0.1, 0.15) is 11.2 Å². The third-order valence-electron chi connectivity index (χ3n) is 28.2. The normalized spacial score (nSPS) is 13.5. The number of fused-ring (bicyclic) bond motifs is 15. The zero-order valence-electron chi connectivity index (χ0n) is 74.0. The van der Waals surface area contributed by atoms with E-state index < -0.39 is 16.2 Å². The molecule has 0 radical (unpaired) electrons. The molecular formula is C129H89N5O. The maximum Gasteiger partial charge on any atom is 0.135 e. The Bertz CT molecular complexity index is 8020. The zero-order valence-corrected chi connectivity index (χ0v) is 74.0. The Hall–Kier alpha value is -17.6. The van der Waals surface area contributed by atoms with E-state index in [2.05, 4.69) is 552 Å². The number of hydrogen-bond donors (Lipinski definition) is 0. The van der Waals surface area contributed by atoms with Crippen LogP contribution in [0.4, 0.5) is 51.2 Å². The fourth-order valence-corrected chi connectivity index (χ4v) is 22.7. The maximum atomic E-state index is 6.02. The summed E-state index contributed by atoms with van der Waals surface area (Å²) in [5, 5.41) is 7.40. The second-order valence-electron chi connectivity index (χ2n) is 35.2. The average Bonchev–Trinajstić information content (AvgIpc) is 1.51. The number of rotatable bonds is 12. The van der Waals surface area contributed by atoms with Gasteiger partial charge in [0.2, 0.25) is 0 Å². The molecule has 21 aromatic carbocycles. The molecule has 24 aromatic rings. The molecule has 135 heavy (non-hydrogen) atoms. The summed E-state index contributed by atoms with van der Waals surface area (Å²) < 4.78 is 10.8. The molecule has 3 aromatic heterocycles. The van der Waals surface area contributed by atoms with E-state index in [0.29, 0.717) is 0 Å². The fraction of sp³-hybridized carbons (Fsp3) is 0.0233. The molecule has 0 amide bonds. The van der Waals surface area contributed by atoms with Crippen LogP contribution in [-0.2, 0) is 16.2 Å². The molecule has 0 aliphatic carbocycles. The molecule has 27 rings (SSSR count). The van der Waals surface area contributed by atoms with Crippen LogP contribution in [0.1, 0.15) is 66.8 Å². The van der Waals surface area contributed by atoms with Gasteiger partial charge in [-0.05, 0) is 205 Å². The van der Waals surface area contributed by atoms with Gasteiger partial charge in [0, 0.05) is 60.8 Å². The van der Waals surface area contributed by atoms with E-state index in [0.717, 1.165) is 73.1 Å². The lowest BCUT2D eigenvalue weighted by Crippen LogP contribution is -2.38. The van der Waals surface area contributed by atoms with Gasteiger partial charge >= 0.3 is 0 Å². The highest BCUT2D eigenvalue weighted by molar-refractivity contribution is 6.11. The molecule has 6 nitrogen and oxygen atoms in total. The number of benzene rings is 21. The molecule has 6 heteroatoms. The zero-order chi connectivity index (χ0) is 89.4. The third kappa shape index (κ3) is 12.7. The fourth-order valence-electron chi connectivity index (χ4n) is 22.7. The predicted octanol–water partition coefficient (Wildman–Crippen LogP) is 33.3. The van der Waals surface area contributed by atoms with Crippen LogP contribution in [0.2, 0.25) is 0 Å². The SMILES string of the molecule is c1cc(-c2ccc3oc4ccccc4c3c2)cc(-n2c3ccccc3c3ccccc32)c1.c1ccc(C2(c3ccccc3)c3ccccc3N(c3cccc(-n4c5ccccc5c5ccccc54)c3)c3ccccc32)cc1.c1ccc(C2(c3ccccc3)c3ccccc3N(c3cccc(N4c5ccccc5C(c5ccccc5)(c5ccccc5)c5ccccc54)c3)c3ccccc32)cc1. The van der Waals surface area contributed by atoms with Gasteiger partial charge in [0.15, 0.2) is 0 Å². The lowest BCUT2D eigenvalue weighted by Gasteiger charge is -2.47. The Labute approximate surface area is 784 Å². The number of hydrogen-bond acceptors (Lipinski definition) is 4. The van der Waals surface area contributed by atoms with Crippen LogP contribution in [0.25, 0.3) is 88.1 Å². The van der Waals surface area contributed by atoms with Crippen LogP contribution in [0.15, 0.2) is 544 Å². The summed E-state index contributed by atoms with van der Waals surface area (Å²) in [6.07, 6.45) is 0. The molecule has 3 aliphatic rings. The first-order chi connectivity index (χ1) is 67.0. The van der Waals surface area contributed by atoms with Gasteiger partial charge in [-0.15, -0.1) is 0 Å². The first-order valence-electron chi connectivity index (χ1n) is 46.5. The van der Waals surface area contributed by atoms with Crippen molar-refractivity contribution < 1.29 is 4.42 Å². The Balaban J connectivity index is 0.000000113. The Morgan fingerprint density at radius 1 is 0.148 bits per heavy atom. The van der Waals surface area contributed by atoms with Crippen LogP contribution in [0.3, 0.4) is 0 Å². The molecule has 0 unspecified atom stereocenters. The van der Waals surface area contributed by atoms with Crippen molar-refractivity contribution in [3.05, 3.63) is 607 Å². The highest BCUT2D eigenvalue weighted by Gasteiger charge is 2.50. The standard InChI is InChI=1S/C56H40N2.C43H30N2.C30H19NO/c1-5-22-41(23-6-1)55(42-24-7-2-8-25-42)47-32-13-17-36-51(47)57(52-37-18-14-33-48(52)55)45-30-21-31-46(40-45)58-53-38-19-15-34-49(53)56(43-26-9-3-10-27-43,44-28-11-4-12-29-44)50-35-16-20-39-54(50)58;1-3-16-31(17-4-1)43(32-18-5-2-6-19-32)37-24-9-13-28-41(37)45(42-29-14-10-25-38(42)43)34-21-15-20-33(30-34)44-39-26-11-7-22-35(39)36-23-8-12-27-40(36)44;1-4-13-27-23(10-1)24-11-2-5-14-28(24)31(27)22-9-7-8-20(18-22)21-16-17-30-26(19-21)25-12-3-6-15-29(25)32-30/h1-40H;1-30H;1-19H. The average molecular weight is 1730 g/mol. The Kier molecular flexibility index (Phi) is 19.5. The molecule has 0 fully saturated rings. The third-order valence-corrected chi connectivity index (χ3v) is 28.2. The van der Waals surface area contributed by atoms with Crippen LogP contribution in [0, 0.1) is 0 Å². The second kappa shape index (κ2) is 33.1. The molecule has 6 heterocycles. The largest absolute Gasteiger partial charge is 0.456 e.